The molecule has 4 heteroatoms. The van der Waals surface area contributed by atoms with Crippen LogP contribution in [0.5, 0.6) is 0 Å². The van der Waals surface area contributed by atoms with Crippen LogP contribution in [0.2, 0.25) is 0 Å². The number of hydrogen-bond donors (Lipinski definition) is 2. The number of hydrogen-bond acceptors (Lipinski definition) is 3. The van der Waals surface area contributed by atoms with E-state index in [4.69, 9.17) is 4.74 Å². The minimum atomic E-state index is -0.776. The van der Waals surface area contributed by atoms with Gasteiger partial charge in [-0.2, -0.15) is 0 Å². The van der Waals surface area contributed by atoms with E-state index < -0.39 is 23.8 Å². The van der Waals surface area contributed by atoms with Gasteiger partial charge in [0, 0.05) is 0 Å². The van der Waals surface area contributed by atoms with E-state index in [0.717, 1.165) is 5.56 Å². The summed E-state index contributed by atoms with van der Waals surface area (Å²) in [5.74, 6) is 0. The molecule has 0 saturated carbocycles. The highest BCUT2D eigenvalue weighted by Gasteiger charge is 2.23. The fourth-order valence-electron chi connectivity index (χ4n) is 2.04. The molecule has 1 aromatic rings. The Bertz CT molecular complexity index is 495. The summed E-state index contributed by atoms with van der Waals surface area (Å²) in [4.78, 5) is 11.7. The van der Waals surface area contributed by atoms with Gasteiger partial charge in [-0.15, -0.1) is 0 Å². The maximum absolute atomic E-state index is 11.7. The Morgan fingerprint density at radius 1 is 1.09 bits per heavy atom. The lowest BCUT2D eigenvalue weighted by Gasteiger charge is -2.25. The molecule has 1 aromatic carbocycles. The molecule has 1 amide bonds. The van der Waals surface area contributed by atoms with Gasteiger partial charge < -0.3 is 15.2 Å². The zero-order valence-corrected chi connectivity index (χ0v) is 14.7. The molecule has 0 heterocycles. The van der Waals surface area contributed by atoms with Gasteiger partial charge in [-0.1, -0.05) is 45.0 Å². The first-order valence-electron chi connectivity index (χ1n) is 7.68. The van der Waals surface area contributed by atoms with Crippen molar-refractivity contribution in [3.63, 3.8) is 0 Å². The number of carbonyl (C=O) groups is 1. The number of aliphatic hydroxyl groups excluding tert-OH is 1. The first kappa shape index (κ1) is 18.5. The highest BCUT2D eigenvalue weighted by atomic mass is 16.6. The first-order valence-corrected chi connectivity index (χ1v) is 7.68. The van der Waals surface area contributed by atoms with Crippen LogP contribution in [0.15, 0.2) is 24.3 Å². The van der Waals surface area contributed by atoms with E-state index in [0.29, 0.717) is 0 Å². The number of carbonyl (C=O) groups excluding carboxylic acids is 1. The zero-order valence-electron chi connectivity index (χ0n) is 14.7. The predicted molar refractivity (Wildman–Crippen MR) is 88.9 cm³/mol. The molecule has 0 aliphatic heterocycles. The molecule has 22 heavy (non-hydrogen) atoms. The fraction of sp³-hybridized carbons (Fsp3) is 0.611. The van der Waals surface area contributed by atoms with E-state index >= 15 is 0 Å². The summed E-state index contributed by atoms with van der Waals surface area (Å²) < 4.78 is 5.20. The normalized spacial score (nSPS) is 15.1. The Morgan fingerprint density at radius 3 is 2.00 bits per heavy atom. The molecule has 1 rings (SSSR count). The number of nitrogens with one attached hydrogen (secondary N) is 1. The van der Waals surface area contributed by atoms with Gasteiger partial charge in [0.15, 0.2) is 0 Å². The number of alkyl carbamates (subject to hydrolysis) is 1. The van der Waals surface area contributed by atoms with Crippen LogP contribution in [-0.4, -0.2) is 22.8 Å². The second-order valence-electron chi connectivity index (χ2n) is 7.75. The molecule has 0 aliphatic rings. The van der Waals surface area contributed by atoms with Crippen LogP contribution >= 0.6 is 0 Å². The fourth-order valence-corrected chi connectivity index (χ4v) is 2.04. The molecule has 0 aliphatic carbocycles. The summed E-state index contributed by atoms with van der Waals surface area (Å²) in [5, 5.41) is 13.0. The zero-order chi connectivity index (χ0) is 17.1. The maximum atomic E-state index is 11.7. The topological polar surface area (TPSA) is 58.6 Å². The second kappa shape index (κ2) is 6.69. The minimum Gasteiger partial charge on any atom is -0.444 e. The molecule has 124 valence electrons. The summed E-state index contributed by atoms with van der Waals surface area (Å²) >= 11 is 0. The van der Waals surface area contributed by atoms with Gasteiger partial charge in [0.05, 0.1) is 12.1 Å². The van der Waals surface area contributed by atoms with Gasteiger partial charge >= 0.3 is 6.09 Å². The van der Waals surface area contributed by atoms with Crippen molar-refractivity contribution in [3.05, 3.63) is 35.4 Å². The largest absolute Gasteiger partial charge is 0.444 e. The van der Waals surface area contributed by atoms with Crippen molar-refractivity contribution in [3.8, 4) is 0 Å². The van der Waals surface area contributed by atoms with Crippen LogP contribution in [0.1, 0.15) is 65.7 Å². The molecule has 0 spiro atoms. The Hall–Kier alpha value is -1.55. The van der Waals surface area contributed by atoms with Gasteiger partial charge in [0.2, 0.25) is 0 Å². The van der Waals surface area contributed by atoms with E-state index in [-0.39, 0.29) is 5.41 Å². The summed E-state index contributed by atoms with van der Waals surface area (Å²) in [7, 11) is 0. The second-order valence-corrected chi connectivity index (χ2v) is 7.75. The number of aliphatic hydroxyl groups is 1. The molecule has 0 fully saturated rings. The third kappa shape index (κ3) is 5.68. The Balaban J connectivity index is 2.71. The standard InChI is InChI=1S/C18H29NO3/c1-12(19-16(21)22-18(5,6)7)15(20)13-8-10-14(11-9-13)17(2,3)4/h8-12,15,20H,1-7H3,(H,19,21)/t12-,15+/m0/s1. The number of rotatable bonds is 3. The monoisotopic (exact) mass is 307 g/mol. The molecule has 2 atom stereocenters. The Kier molecular flexibility index (Phi) is 5.63. The number of amides is 1. The van der Waals surface area contributed by atoms with Crippen LogP contribution in [0.3, 0.4) is 0 Å². The van der Waals surface area contributed by atoms with Crippen LogP contribution in [0.4, 0.5) is 4.79 Å². The van der Waals surface area contributed by atoms with Crippen molar-refractivity contribution in [2.24, 2.45) is 0 Å². The molecule has 2 N–H and O–H groups in total. The molecule has 0 bridgehead atoms. The molecular formula is C18H29NO3. The van der Waals surface area contributed by atoms with Gasteiger partial charge in [-0.3, -0.25) is 0 Å². The average molecular weight is 307 g/mol. The quantitative estimate of drug-likeness (QED) is 0.889. The third-order valence-electron chi connectivity index (χ3n) is 3.34. The number of benzene rings is 1. The minimum absolute atomic E-state index is 0.0733. The highest BCUT2D eigenvalue weighted by molar-refractivity contribution is 5.68. The number of ether oxygens (including phenoxy) is 1. The van der Waals surface area contributed by atoms with Crippen molar-refractivity contribution < 1.29 is 14.6 Å². The first-order chi connectivity index (χ1) is 9.90. The van der Waals surface area contributed by atoms with Crippen molar-refractivity contribution in [1.82, 2.24) is 5.32 Å². The van der Waals surface area contributed by atoms with Crippen molar-refractivity contribution >= 4 is 6.09 Å². The molecule has 0 aromatic heterocycles. The summed E-state index contributed by atoms with van der Waals surface area (Å²) in [5.41, 5.74) is 1.50. The Morgan fingerprint density at radius 2 is 1.59 bits per heavy atom. The van der Waals surface area contributed by atoms with E-state index in [9.17, 15) is 9.90 Å². The molecule has 0 saturated heterocycles. The van der Waals surface area contributed by atoms with Gasteiger partial charge in [-0.05, 0) is 44.2 Å². The lowest BCUT2D eigenvalue weighted by Crippen LogP contribution is -2.40. The van der Waals surface area contributed by atoms with Crippen LogP contribution in [0.25, 0.3) is 0 Å². The van der Waals surface area contributed by atoms with Gasteiger partial charge in [0.25, 0.3) is 0 Å². The predicted octanol–water partition coefficient (Wildman–Crippen LogP) is 3.93. The summed E-state index contributed by atoms with van der Waals surface area (Å²) in [6.07, 6.45) is -1.30. The van der Waals surface area contributed by atoms with E-state index in [2.05, 4.69) is 26.1 Å². The van der Waals surface area contributed by atoms with Crippen molar-refractivity contribution in [2.45, 2.75) is 71.6 Å². The molecule has 0 radical (unpaired) electrons. The van der Waals surface area contributed by atoms with Crippen molar-refractivity contribution in [1.29, 1.82) is 0 Å². The van der Waals surface area contributed by atoms with Crippen molar-refractivity contribution in [2.75, 3.05) is 0 Å². The molecule has 4 nitrogen and oxygen atoms in total. The van der Waals surface area contributed by atoms with E-state index in [1.165, 1.54) is 5.56 Å². The lowest BCUT2D eigenvalue weighted by molar-refractivity contribution is 0.0436. The van der Waals surface area contributed by atoms with Gasteiger partial charge in [0.1, 0.15) is 5.60 Å². The maximum Gasteiger partial charge on any atom is 0.407 e. The van der Waals surface area contributed by atoms with Gasteiger partial charge in [-0.25, -0.2) is 4.79 Å². The highest BCUT2D eigenvalue weighted by Crippen LogP contribution is 2.25. The van der Waals surface area contributed by atoms with E-state index in [1.807, 2.05) is 24.3 Å². The average Bonchev–Trinajstić information content (AvgIpc) is 2.34. The SMILES string of the molecule is C[C@H](NC(=O)OC(C)(C)C)[C@@H](O)c1ccc(C(C)(C)C)cc1. The molecule has 0 unspecified atom stereocenters. The van der Waals surface area contributed by atoms with Crippen LogP contribution in [-0.2, 0) is 10.2 Å². The summed E-state index contributed by atoms with van der Waals surface area (Å²) in [6.45, 7) is 13.6. The molecular weight excluding hydrogens is 278 g/mol. The third-order valence-corrected chi connectivity index (χ3v) is 3.34. The Labute approximate surface area is 133 Å². The smallest absolute Gasteiger partial charge is 0.407 e. The van der Waals surface area contributed by atoms with Crippen LogP contribution < -0.4 is 5.32 Å². The van der Waals surface area contributed by atoms with E-state index in [1.54, 1.807) is 27.7 Å². The summed E-state index contributed by atoms with van der Waals surface area (Å²) in [6, 6.07) is 7.39. The van der Waals surface area contributed by atoms with Crippen LogP contribution in [0, 0.1) is 0 Å². The lowest BCUT2D eigenvalue weighted by atomic mass is 9.86.